The van der Waals surface area contributed by atoms with E-state index in [0.29, 0.717) is 10.6 Å². The molecule has 0 saturated carbocycles. The third-order valence-electron chi connectivity index (χ3n) is 1.77. The number of esters is 1. The van der Waals surface area contributed by atoms with Crippen molar-refractivity contribution in [3.8, 4) is 10.6 Å². The average molecular weight is 254 g/mol. The fourth-order valence-electron chi connectivity index (χ4n) is 1.17. The maximum Gasteiger partial charge on any atom is 0.352 e. The lowest BCUT2D eigenvalue weighted by Crippen LogP contribution is -2.11. The summed E-state index contributed by atoms with van der Waals surface area (Å²) in [6.45, 7) is 3.63. The van der Waals surface area contributed by atoms with Gasteiger partial charge in [-0.3, -0.25) is 0 Å². The Morgan fingerprint density at radius 2 is 2.31 bits per heavy atom. The lowest BCUT2D eigenvalue weighted by atomic mass is 10.3. The summed E-state index contributed by atoms with van der Waals surface area (Å²) in [6.07, 6.45) is -0.134. The number of hydrogen-bond donors (Lipinski definition) is 0. The van der Waals surface area contributed by atoms with E-state index in [1.807, 2.05) is 31.4 Å². The summed E-state index contributed by atoms with van der Waals surface area (Å²) in [5, 5.41) is 5.90. The molecule has 2 heterocycles. The third kappa shape index (κ3) is 2.28. The van der Waals surface area contributed by atoms with Gasteiger partial charge >= 0.3 is 5.97 Å². The highest BCUT2D eigenvalue weighted by Gasteiger charge is 2.20. The van der Waals surface area contributed by atoms with Crippen LogP contribution in [0.4, 0.5) is 0 Å². The number of hydrogen-bond acceptors (Lipinski definition) is 6. The Morgan fingerprint density at radius 1 is 1.50 bits per heavy atom. The van der Waals surface area contributed by atoms with E-state index in [9.17, 15) is 4.79 Å². The first-order chi connectivity index (χ1) is 7.68. The molecule has 2 aromatic heterocycles. The van der Waals surface area contributed by atoms with Crippen LogP contribution >= 0.6 is 22.9 Å². The van der Waals surface area contributed by atoms with Gasteiger partial charge < -0.3 is 4.74 Å². The molecule has 0 aliphatic rings. The molecule has 0 aliphatic heterocycles. The van der Waals surface area contributed by atoms with Gasteiger partial charge in [-0.2, -0.15) is 0 Å². The van der Waals surface area contributed by atoms with Crippen LogP contribution in [0.25, 0.3) is 10.6 Å². The van der Waals surface area contributed by atoms with Gasteiger partial charge in [0.2, 0.25) is 0 Å². The molecule has 16 heavy (non-hydrogen) atoms. The Hall–Kier alpha value is -1.27. The van der Waals surface area contributed by atoms with E-state index in [4.69, 9.17) is 4.74 Å². The highest BCUT2D eigenvalue weighted by Crippen LogP contribution is 2.28. The molecule has 0 bridgehead atoms. The summed E-state index contributed by atoms with van der Waals surface area (Å²) in [4.78, 5) is 13.1. The van der Waals surface area contributed by atoms with Crippen molar-refractivity contribution in [3.63, 3.8) is 0 Å². The number of nitrogens with zero attached hydrogens (tertiary/aromatic N) is 2. The van der Waals surface area contributed by atoms with Crippen LogP contribution in [0.15, 0.2) is 17.5 Å². The van der Waals surface area contributed by atoms with Gasteiger partial charge in [0.25, 0.3) is 0 Å². The Bertz CT molecular complexity index is 477. The molecule has 2 rings (SSSR count). The Balaban J connectivity index is 2.29. The Labute approximate surface area is 101 Å². The van der Waals surface area contributed by atoms with Gasteiger partial charge in [-0.15, -0.1) is 16.4 Å². The summed E-state index contributed by atoms with van der Waals surface area (Å²) in [6, 6.07) is 3.82. The van der Waals surface area contributed by atoms with E-state index >= 15 is 0 Å². The highest BCUT2D eigenvalue weighted by molar-refractivity contribution is 7.14. The van der Waals surface area contributed by atoms with Gasteiger partial charge in [0.15, 0.2) is 4.88 Å². The normalized spacial score (nSPS) is 10.7. The minimum absolute atomic E-state index is 0.134. The lowest BCUT2D eigenvalue weighted by molar-refractivity contribution is 0.0384. The van der Waals surface area contributed by atoms with E-state index in [1.165, 1.54) is 11.3 Å². The fourth-order valence-corrected chi connectivity index (χ4v) is 2.51. The van der Waals surface area contributed by atoms with E-state index in [-0.39, 0.29) is 12.1 Å². The first-order valence-corrected chi connectivity index (χ1v) is 6.41. The van der Waals surface area contributed by atoms with Crippen molar-refractivity contribution in [2.75, 3.05) is 0 Å². The molecule has 0 fully saturated rings. The van der Waals surface area contributed by atoms with E-state index < -0.39 is 0 Å². The largest absolute Gasteiger partial charge is 0.459 e. The minimum atomic E-state index is -0.353. The monoisotopic (exact) mass is 254 g/mol. The minimum Gasteiger partial charge on any atom is -0.459 e. The van der Waals surface area contributed by atoms with Crippen molar-refractivity contribution >= 4 is 28.8 Å². The second-order valence-corrected chi connectivity index (χ2v) is 5.08. The van der Waals surface area contributed by atoms with Gasteiger partial charge in [-0.1, -0.05) is 10.6 Å². The summed E-state index contributed by atoms with van der Waals surface area (Å²) < 4.78 is 8.93. The zero-order valence-electron chi connectivity index (χ0n) is 8.84. The Kier molecular flexibility index (Phi) is 3.31. The summed E-state index contributed by atoms with van der Waals surface area (Å²) >= 11 is 2.60. The van der Waals surface area contributed by atoms with E-state index in [2.05, 4.69) is 9.59 Å². The van der Waals surface area contributed by atoms with Crippen LogP contribution in [0.2, 0.25) is 0 Å². The molecular weight excluding hydrogens is 244 g/mol. The molecular formula is C10H10N2O2S2. The van der Waals surface area contributed by atoms with Gasteiger partial charge in [0, 0.05) is 0 Å². The van der Waals surface area contributed by atoms with Gasteiger partial charge in [-0.05, 0) is 36.8 Å². The predicted octanol–water partition coefficient (Wildman–Crippen LogP) is 2.83. The molecule has 0 spiro atoms. The van der Waals surface area contributed by atoms with Crippen LogP contribution in [-0.2, 0) is 4.74 Å². The van der Waals surface area contributed by atoms with Crippen molar-refractivity contribution in [1.82, 2.24) is 9.59 Å². The van der Waals surface area contributed by atoms with Crippen LogP contribution < -0.4 is 0 Å². The van der Waals surface area contributed by atoms with Crippen molar-refractivity contribution in [3.05, 3.63) is 22.4 Å². The van der Waals surface area contributed by atoms with Gasteiger partial charge in [0.05, 0.1) is 11.0 Å². The zero-order valence-corrected chi connectivity index (χ0v) is 10.5. The van der Waals surface area contributed by atoms with Crippen molar-refractivity contribution in [2.24, 2.45) is 0 Å². The molecule has 6 heteroatoms. The summed E-state index contributed by atoms with van der Waals surface area (Å²) in [5.41, 5.74) is 0.616. The average Bonchev–Trinajstić information content (AvgIpc) is 2.87. The maximum atomic E-state index is 11.7. The van der Waals surface area contributed by atoms with Gasteiger partial charge in [-0.25, -0.2) is 4.79 Å². The highest BCUT2D eigenvalue weighted by atomic mass is 32.1. The molecule has 0 atom stereocenters. The van der Waals surface area contributed by atoms with Crippen molar-refractivity contribution in [2.45, 2.75) is 20.0 Å². The first-order valence-electron chi connectivity index (χ1n) is 4.75. The molecule has 4 nitrogen and oxygen atoms in total. The second kappa shape index (κ2) is 4.71. The zero-order chi connectivity index (χ0) is 11.5. The molecule has 84 valence electrons. The van der Waals surface area contributed by atoms with Crippen LogP contribution in [0.1, 0.15) is 23.5 Å². The number of ether oxygens (including phenoxy) is 1. The van der Waals surface area contributed by atoms with Crippen LogP contribution in [0.5, 0.6) is 0 Å². The SMILES string of the molecule is CC(C)OC(=O)c1snnc1-c1cccs1. The molecule has 2 aromatic rings. The van der Waals surface area contributed by atoms with Crippen molar-refractivity contribution < 1.29 is 9.53 Å². The van der Waals surface area contributed by atoms with E-state index in [1.54, 1.807) is 0 Å². The topological polar surface area (TPSA) is 52.1 Å². The fraction of sp³-hybridized carbons (Fsp3) is 0.300. The number of aromatic nitrogens is 2. The molecule has 0 aliphatic carbocycles. The molecule has 0 radical (unpaired) electrons. The predicted molar refractivity (Wildman–Crippen MR) is 63.8 cm³/mol. The standard InChI is InChI=1S/C10H10N2O2S2/c1-6(2)14-10(13)9-8(11-12-16-9)7-4-3-5-15-7/h3-6H,1-2H3. The number of thiophene rings is 1. The number of carbonyl (C=O) groups is 1. The molecule has 0 aromatic carbocycles. The summed E-state index contributed by atoms with van der Waals surface area (Å²) in [7, 11) is 0. The molecule has 0 amide bonds. The Morgan fingerprint density at radius 3 is 2.94 bits per heavy atom. The van der Waals surface area contributed by atoms with Gasteiger partial charge in [0.1, 0.15) is 5.69 Å². The second-order valence-electron chi connectivity index (χ2n) is 3.38. The molecule has 0 N–H and O–H groups in total. The van der Waals surface area contributed by atoms with Crippen LogP contribution in [0, 0.1) is 0 Å². The lowest BCUT2D eigenvalue weighted by Gasteiger charge is -2.05. The maximum absolute atomic E-state index is 11.7. The van der Waals surface area contributed by atoms with Crippen LogP contribution in [-0.4, -0.2) is 21.7 Å². The first kappa shape index (κ1) is 11.2. The molecule has 0 saturated heterocycles. The number of rotatable bonds is 3. The summed E-state index contributed by atoms with van der Waals surface area (Å²) in [5.74, 6) is -0.353. The van der Waals surface area contributed by atoms with Crippen LogP contribution in [0.3, 0.4) is 0 Å². The smallest absolute Gasteiger partial charge is 0.352 e. The van der Waals surface area contributed by atoms with E-state index in [0.717, 1.165) is 16.4 Å². The third-order valence-corrected chi connectivity index (χ3v) is 3.35. The van der Waals surface area contributed by atoms with Crippen molar-refractivity contribution in [1.29, 1.82) is 0 Å². The number of carbonyl (C=O) groups excluding carboxylic acids is 1. The molecule has 0 unspecified atom stereocenters. The quantitative estimate of drug-likeness (QED) is 0.790.